The number of phenolic OH excluding ortho intramolecular Hbond substituents is 1. The van der Waals surface area contributed by atoms with Crippen molar-refractivity contribution in [3.8, 4) is 17.0 Å². The van der Waals surface area contributed by atoms with Gasteiger partial charge in [-0.05, 0) is 38.0 Å². The number of rotatable bonds is 5. The fourth-order valence-electron chi connectivity index (χ4n) is 3.47. The molecule has 8 nitrogen and oxygen atoms in total. The Hall–Kier alpha value is -3.17. The van der Waals surface area contributed by atoms with Crippen molar-refractivity contribution in [1.29, 1.82) is 0 Å². The number of aryl methyl sites for hydroxylation is 1. The predicted octanol–water partition coefficient (Wildman–Crippen LogP) is 3.39. The zero-order valence-electron chi connectivity index (χ0n) is 16.3. The van der Waals surface area contributed by atoms with Crippen LogP contribution in [0.3, 0.4) is 0 Å². The molecule has 0 bridgehead atoms. The van der Waals surface area contributed by atoms with E-state index in [-0.39, 0.29) is 21.9 Å². The van der Waals surface area contributed by atoms with E-state index in [0.717, 1.165) is 12.8 Å². The van der Waals surface area contributed by atoms with Gasteiger partial charge in [-0.3, -0.25) is 4.79 Å². The average Bonchev–Trinajstić information content (AvgIpc) is 3.40. The van der Waals surface area contributed by atoms with Crippen LogP contribution in [0.2, 0.25) is 0 Å². The molecule has 0 radical (unpaired) electrons. The second kappa shape index (κ2) is 7.92. The molecule has 0 atom stereocenters. The molecule has 2 heterocycles. The molecule has 0 unspecified atom stereocenters. The van der Waals surface area contributed by atoms with E-state index in [0.29, 0.717) is 30.1 Å². The van der Waals surface area contributed by atoms with Gasteiger partial charge < -0.3 is 14.9 Å². The van der Waals surface area contributed by atoms with Gasteiger partial charge in [-0.15, -0.1) is 0 Å². The highest BCUT2D eigenvalue weighted by molar-refractivity contribution is 7.89. The maximum atomic E-state index is 13.0. The molecule has 1 amide bonds. The molecule has 1 aliphatic rings. The zero-order chi connectivity index (χ0) is 21.3. The van der Waals surface area contributed by atoms with Crippen molar-refractivity contribution >= 4 is 21.6 Å². The summed E-state index contributed by atoms with van der Waals surface area (Å²) in [6, 6.07) is 12.9. The molecule has 2 aromatic carbocycles. The van der Waals surface area contributed by atoms with Crippen molar-refractivity contribution in [2.75, 3.05) is 18.4 Å². The second-order valence-corrected chi connectivity index (χ2v) is 9.01. The molecule has 30 heavy (non-hydrogen) atoms. The Morgan fingerprint density at radius 3 is 2.53 bits per heavy atom. The predicted molar refractivity (Wildman–Crippen MR) is 111 cm³/mol. The van der Waals surface area contributed by atoms with Crippen LogP contribution < -0.4 is 5.32 Å². The summed E-state index contributed by atoms with van der Waals surface area (Å²) in [4.78, 5) is 13.0. The number of anilines is 1. The average molecular weight is 427 g/mol. The molecule has 1 saturated heterocycles. The van der Waals surface area contributed by atoms with Crippen molar-refractivity contribution in [3.63, 3.8) is 0 Å². The summed E-state index contributed by atoms with van der Waals surface area (Å²) in [7, 11) is -3.69. The highest BCUT2D eigenvalue weighted by atomic mass is 32.2. The Balaban J connectivity index is 1.66. The normalized spacial score (nSPS) is 14.7. The summed E-state index contributed by atoms with van der Waals surface area (Å²) < 4.78 is 32.2. The number of carbonyl (C=O) groups is 1. The van der Waals surface area contributed by atoms with E-state index in [4.69, 9.17) is 4.52 Å². The minimum atomic E-state index is -3.69. The molecule has 1 aromatic heterocycles. The lowest BCUT2D eigenvalue weighted by molar-refractivity contribution is 0.102. The van der Waals surface area contributed by atoms with E-state index >= 15 is 0 Å². The number of benzene rings is 2. The third-order valence-electron chi connectivity index (χ3n) is 5.06. The molecule has 1 fully saturated rings. The fraction of sp³-hybridized carbons (Fsp3) is 0.238. The Morgan fingerprint density at radius 2 is 1.83 bits per heavy atom. The second-order valence-electron chi connectivity index (χ2n) is 7.07. The smallest absolute Gasteiger partial charge is 0.261 e. The van der Waals surface area contributed by atoms with Crippen LogP contribution in [0, 0.1) is 6.92 Å². The SMILES string of the molecule is Cc1onc(-c2ccccc2)c1C(=O)Nc1cc(S(=O)(=O)N2CCCC2)ccc1O. The van der Waals surface area contributed by atoms with Gasteiger partial charge in [0.2, 0.25) is 10.0 Å². The lowest BCUT2D eigenvalue weighted by atomic mass is 10.1. The molecule has 3 aromatic rings. The van der Waals surface area contributed by atoms with Crippen LogP contribution in [0.4, 0.5) is 5.69 Å². The summed E-state index contributed by atoms with van der Waals surface area (Å²) in [5, 5.41) is 16.8. The Labute approximate surface area is 174 Å². The summed E-state index contributed by atoms with van der Waals surface area (Å²) in [5.41, 5.74) is 1.29. The van der Waals surface area contributed by atoms with Crippen molar-refractivity contribution < 1.29 is 22.8 Å². The zero-order valence-corrected chi connectivity index (χ0v) is 17.1. The van der Waals surface area contributed by atoms with Gasteiger partial charge in [-0.2, -0.15) is 4.31 Å². The summed E-state index contributed by atoms with van der Waals surface area (Å²) >= 11 is 0. The van der Waals surface area contributed by atoms with Gasteiger partial charge in [-0.25, -0.2) is 8.42 Å². The lowest BCUT2D eigenvalue weighted by Gasteiger charge is -2.16. The first-order chi connectivity index (χ1) is 14.4. The van der Waals surface area contributed by atoms with Crippen molar-refractivity contribution in [2.45, 2.75) is 24.7 Å². The highest BCUT2D eigenvalue weighted by Crippen LogP contribution is 2.31. The van der Waals surface area contributed by atoms with Crippen LogP contribution in [-0.2, 0) is 10.0 Å². The summed E-state index contributed by atoms with van der Waals surface area (Å²) in [6.45, 7) is 2.54. The van der Waals surface area contributed by atoms with Crippen LogP contribution in [0.15, 0.2) is 57.9 Å². The van der Waals surface area contributed by atoms with Crippen LogP contribution in [-0.4, -0.2) is 42.0 Å². The molecule has 0 aliphatic carbocycles. The van der Waals surface area contributed by atoms with Crippen LogP contribution >= 0.6 is 0 Å². The summed E-state index contributed by atoms with van der Waals surface area (Å²) in [6.07, 6.45) is 1.63. The van der Waals surface area contributed by atoms with Gasteiger partial charge in [0, 0.05) is 18.7 Å². The first-order valence-corrected chi connectivity index (χ1v) is 11.0. The topological polar surface area (TPSA) is 113 Å². The highest BCUT2D eigenvalue weighted by Gasteiger charge is 2.28. The number of hydrogen-bond acceptors (Lipinski definition) is 6. The molecule has 2 N–H and O–H groups in total. The Morgan fingerprint density at radius 1 is 1.13 bits per heavy atom. The molecule has 156 valence electrons. The molecule has 9 heteroatoms. The minimum absolute atomic E-state index is 0.000108. The van der Waals surface area contributed by atoms with Crippen LogP contribution in [0.5, 0.6) is 5.75 Å². The van der Waals surface area contributed by atoms with E-state index < -0.39 is 15.9 Å². The number of sulfonamides is 1. The molecule has 0 saturated carbocycles. The first kappa shape index (κ1) is 20.1. The number of hydrogen-bond donors (Lipinski definition) is 2. The molecular formula is C21H21N3O5S. The molecule has 4 rings (SSSR count). The third-order valence-corrected chi connectivity index (χ3v) is 6.95. The van der Waals surface area contributed by atoms with E-state index in [2.05, 4.69) is 10.5 Å². The minimum Gasteiger partial charge on any atom is -0.506 e. The third kappa shape index (κ3) is 3.69. The first-order valence-electron chi connectivity index (χ1n) is 9.54. The van der Waals surface area contributed by atoms with Crippen molar-refractivity contribution in [1.82, 2.24) is 9.46 Å². The van der Waals surface area contributed by atoms with Crippen molar-refractivity contribution in [2.24, 2.45) is 0 Å². The number of amides is 1. The van der Waals surface area contributed by atoms with Crippen LogP contribution in [0.1, 0.15) is 29.0 Å². The number of nitrogens with zero attached hydrogens (tertiary/aromatic N) is 2. The number of nitrogens with one attached hydrogen (secondary N) is 1. The largest absolute Gasteiger partial charge is 0.506 e. The number of phenols is 1. The van der Waals surface area contributed by atoms with Gasteiger partial charge in [-0.1, -0.05) is 35.5 Å². The van der Waals surface area contributed by atoms with Gasteiger partial charge in [0.25, 0.3) is 5.91 Å². The van der Waals surface area contributed by atoms with E-state index in [1.54, 1.807) is 19.1 Å². The van der Waals surface area contributed by atoms with Gasteiger partial charge >= 0.3 is 0 Å². The Bertz CT molecular complexity index is 1180. The fourth-order valence-corrected chi connectivity index (χ4v) is 5.01. The monoisotopic (exact) mass is 427 g/mol. The quantitative estimate of drug-likeness (QED) is 0.604. The maximum absolute atomic E-state index is 13.0. The number of carbonyl (C=O) groups excluding carboxylic acids is 1. The lowest BCUT2D eigenvalue weighted by Crippen LogP contribution is -2.28. The molecule has 1 aliphatic heterocycles. The van der Waals surface area contributed by atoms with Gasteiger partial charge in [0.1, 0.15) is 22.8 Å². The standard InChI is InChI=1S/C21H21N3O5S/c1-14-19(20(23-29-14)15-7-3-2-4-8-15)21(26)22-17-13-16(9-10-18(17)25)30(27,28)24-11-5-6-12-24/h2-4,7-10,13,25H,5-6,11-12H2,1H3,(H,22,26). The number of aromatic hydroxyl groups is 1. The Kier molecular flexibility index (Phi) is 5.31. The van der Waals surface area contributed by atoms with Gasteiger partial charge in [0.05, 0.1) is 10.6 Å². The van der Waals surface area contributed by atoms with E-state index in [9.17, 15) is 18.3 Å². The maximum Gasteiger partial charge on any atom is 0.261 e. The number of aromatic nitrogens is 1. The summed E-state index contributed by atoms with van der Waals surface area (Å²) in [5.74, 6) is -0.482. The van der Waals surface area contributed by atoms with Crippen LogP contribution in [0.25, 0.3) is 11.3 Å². The molecule has 0 spiro atoms. The van der Waals surface area contributed by atoms with E-state index in [1.807, 2.05) is 18.2 Å². The van der Waals surface area contributed by atoms with E-state index in [1.165, 1.54) is 22.5 Å². The molecular weight excluding hydrogens is 406 g/mol. The van der Waals surface area contributed by atoms with Crippen molar-refractivity contribution in [3.05, 3.63) is 59.9 Å². The van der Waals surface area contributed by atoms with Gasteiger partial charge in [0.15, 0.2) is 0 Å².